The minimum atomic E-state index is -0.734. The van der Waals surface area contributed by atoms with Crippen molar-refractivity contribution < 1.29 is 5.11 Å². The molecule has 0 saturated heterocycles. The van der Waals surface area contributed by atoms with Crippen LogP contribution in [0.5, 0.6) is 0 Å². The molecule has 1 aliphatic rings. The van der Waals surface area contributed by atoms with E-state index in [-0.39, 0.29) is 0 Å². The van der Waals surface area contributed by atoms with Crippen molar-refractivity contribution in [3.05, 3.63) is 71.4 Å². The molecule has 3 aromatic rings. The maximum atomic E-state index is 10.9. The fourth-order valence-electron chi connectivity index (χ4n) is 3.48. The van der Waals surface area contributed by atoms with Crippen molar-refractivity contribution in [2.45, 2.75) is 25.0 Å². The molecule has 112 valence electrons. The number of para-hydroxylation sites is 1. The van der Waals surface area contributed by atoms with E-state index in [4.69, 9.17) is 0 Å². The fraction of sp³-hybridized carbons (Fsp3) is 0.263. The van der Waals surface area contributed by atoms with E-state index in [1.165, 1.54) is 10.9 Å². The number of aryl methyl sites for hydroxylation is 1. The van der Waals surface area contributed by atoms with Gasteiger partial charge in [-0.05, 0) is 41.5 Å². The highest BCUT2D eigenvalue weighted by Gasteiger charge is 2.35. The molecule has 22 heavy (non-hydrogen) atoms. The SMILES string of the molecule is OC1(CNCc2cc3ccccc3[nH]2)CCc2ccccc21. The predicted molar refractivity (Wildman–Crippen MR) is 88.7 cm³/mol. The molecule has 1 aromatic heterocycles. The van der Waals surface area contributed by atoms with Crippen molar-refractivity contribution in [3.63, 3.8) is 0 Å². The largest absolute Gasteiger partial charge is 0.384 e. The fourth-order valence-corrected chi connectivity index (χ4v) is 3.48. The molecule has 0 radical (unpaired) electrons. The molecule has 0 aliphatic heterocycles. The summed E-state index contributed by atoms with van der Waals surface area (Å²) < 4.78 is 0. The van der Waals surface area contributed by atoms with Crippen molar-refractivity contribution in [2.75, 3.05) is 6.54 Å². The van der Waals surface area contributed by atoms with Crippen LogP contribution in [0.2, 0.25) is 0 Å². The Morgan fingerprint density at radius 3 is 2.82 bits per heavy atom. The maximum absolute atomic E-state index is 10.9. The maximum Gasteiger partial charge on any atom is 0.103 e. The second kappa shape index (κ2) is 5.27. The third-order valence-corrected chi connectivity index (χ3v) is 4.65. The summed E-state index contributed by atoms with van der Waals surface area (Å²) in [5.41, 5.74) is 3.93. The molecule has 1 aliphatic carbocycles. The monoisotopic (exact) mass is 292 g/mol. The Morgan fingerprint density at radius 1 is 1.09 bits per heavy atom. The summed E-state index contributed by atoms with van der Waals surface area (Å²) in [5, 5.41) is 15.5. The normalized spacial score (nSPS) is 20.4. The van der Waals surface area contributed by atoms with Crippen molar-refractivity contribution in [3.8, 4) is 0 Å². The van der Waals surface area contributed by atoms with Crippen LogP contribution in [0.3, 0.4) is 0 Å². The van der Waals surface area contributed by atoms with Crippen molar-refractivity contribution in [1.29, 1.82) is 0 Å². The lowest BCUT2D eigenvalue weighted by Gasteiger charge is -2.24. The van der Waals surface area contributed by atoms with Gasteiger partial charge >= 0.3 is 0 Å². The molecule has 1 atom stereocenters. The Balaban J connectivity index is 1.45. The molecule has 0 saturated carbocycles. The Morgan fingerprint density at radius 2 is 1.91 bits per heavy atom. The summed E-state index contributed by atoms with van der Waals surface area (Å²) in [4.78, 5) is 3.41. The van der Waals surface area contributed by atoms with Crippen LogP contribution in [0.4, 0.5) is 0 Å². The lowest BCUT2D eigenvalue weighted by molar-refractivity contribution is 0.0384. The van der Waals surface area contributed by atoms with Crippen LogP contribution in [0, 0.1) is 0 Å². The average Bonchev–Trinajstić information content (AvgIpc) is 3.09. The highest BCUT2D eigenvalue weighted by atomic mass is 16.3. The number of rotatable bonds is 4. The average molecular weight is 292 g/mol. The molecular formula is C19H20N2O. The number of nitrogens with one attached hydrogen (secondary N) is 2. The van der Waals surface area contributed by atoms with Crippen LogP contribution in [0.25, 0.3) is 10.9 Å². The van der Waals surface area contributed by atoms with E-state index in [1.807, 2.05) is 30.3 Å². The topological polar surface area (TPSA) is 48.0 Å². The predicted octanol–water partition coefficient (Wildman–Crippen LogP) is 3.09. The van der Waals surface area contributed by atoms with Gasteiger partial charge in [-0.15, -0.1) is 0 Å². The van der Waals surface area contributed by atoms with Crippen LogP contribution < -0.4 is 5.32 Å². The third kappa shape index (κ3) is 2.32. The molecule has 0 bridgehead atoms. The number of hydrogen-bond acceptors (Lipinski definition) is 2. The van der Waals surface area contributed by atoms with E-state index in [0.29, 0.717) is 6.54 Å². The first-order chi connectivity index (χ1) is 10.7. The summed E-state index contributed by atoms with van der Waals surface area (Å²) >= 11 is 0. The molecule has 1 unspecified atom stereocenters. The van der Waals surface area contributed by atoms with E-state index in [1.54, 1.807) is 0 Å². The first kappa shape index (κ1) is 13.6. The number of H-pyrrole nitrogens is 1. The molecule has 0 amide bonds. The lowest BCUT2D eigenvalue weighted by Crippen LogP contribution is -2.36. The first-order valence-electron chi connectivity index (χ1n) is 7.83. The van der Waals surface area contributed by atoms with E-state index in [0.717, 1.165) is 36.2 Å². The molecule has 3 heteroatoms. The van der Waals surface area contributed by atoms with Crippen LogP contribution in [-0.2, 0) is 18.6 Å². The molecule has 3 nitrogen and oxygen atoms in total. The second-order valence-corrected chi connectivity index (χ2v) is 6.17. The van der Waals surface area contributed by atoms with Crippen LogP contribution in [0.1, 0.15) is 23.2 Å². The van der Waals surface area contributed by atoms with E-state index < -0.39 is 5.60 Å². The number of hydrogen-bond donors (Lipinski definition) is 3. The number of fused-ring (bicyclic) bond motifs is 2. The molecule has 1 heterocycles. The number of aromatic amines is 1. The zero-order valence-electron chi connectivity index (χ0n) is 12.5. The van der Waals surface area contributed by atoms with Gasteiger partial charge in [0.05, 0.1) is 0 Å². The molecule has 0 fully saturated rings. The summed E-state index contributed by atoms with van der Waals surface area (Å²) in [7, 11) is 0. The molecule has 3 N–H and O–H groups in total. The minimum Gasteiger partial charge on any atom is -0.384 e. The number of aromatic nitrogens is 1. The summed E-state index contributed by atoms with van der Waals surface area (Å²) in [6.07, 6.45) is 1.76. The minimum absolute atomic E-state index is 0.583. The zero-order valence-corrected chi connectivity index (χ0v) is 12.5. The van der Waals surface area contributed by atoms with Crippen molar-refractivity contribution in [2.24, 2.45) is 0 Å². The van der Waals surface area contributed by atoms with E-state index in [2.05, 4.69) is 34.6 Å². The quantitative estimate of drug-likeness (QED) is 0.692. The number of benzene rings is 2. The van der Waals surface area contributed by atoms with Crippen LogP contribution in [-0.4, -0.2) is 16.6 Å². The van der Waals surface area contributed by atoms with Gasteiger partial charge in [-0.3, -0.25) is 0 Å². The second-order valence-electron chi connectivity index (χ2n) is 6.17. The Hall–Kier alpha value is -2.10. The Kier molecular flexibility index (Phi) is 3.25. The van der Waals surface area contributed by atoms with Gasteiger partial charge in [0.2, 0.25) is 0 Å². The first-order valence-corrected chi connectivity index (χ1v) is 7.83. The van der Waals surface area contributed by atoms with Gasteiger partial charge in [0.1, 0.15) is 5.60 Å². The van der Waals surface area contributed by atoms with Gasteiger partial charge in [0.25, 0.3) is 0 Å². The zero-order chi connectivity index (χ0) is 15.0. The Bertz CT molecular complexity index is 775. The van der Waals surface area contributed by atoms with Crippen molar-refractivity contribution >= 4 is 10.9 Å². The highest BCUT2D eigenvalue weighted by Crippen LogP contribution is 2.36. The third-order valence-electron chi connectivity index (χ3n) is 4.65. The summed E-state index contributed by atoms with van der Waals surface area (Å²) in [6, 6.07) is 18.7. The van der Waals surface area contributed by atoms with Gasteiger partial charge in [0.15, 0.2) is 0 Å². The smallest absolute Gasteiger partial charge is 0.103 e. The standard InChI is InChI=1S/C19H20N2O/c22-19(10-9-14-5-1-3-7-17(14)19)13-20-12-16-11-15-6-2-4-8-18(15)21-16/h1-8,11,20-22H,9-10,12-13H2. The van der Waals surface area contributed by atoms with Crippen LogP contribution in [0.15, 0.2) is 54.6 Å². The Labute approximate surface area is 130 Å². The number of aliphatic hydroxyl groups is 1. The summed E-state index contributed by atoms with van der Waals surface area (Å²) in [5.74, 6) is 0. The van der Waals surface area contributed by atoms with E-state index >= 15 is 0 Å². The van der Waals surface area contributed by atoms with Crippen LogP contribution >= 0.6 is 0 Å². The van der Waals surface area contributed by atoms with Crippen molar-refractivity contribution in [1.82, 2.24) is 10.3 Å². The highest BCUT2D eigenvalue weighted by molar-refractivity contribution is 5.80. The molecule has 4 rings (SSSR count). The van der Waals surface area contributed by atoms with Gasteiger partial charge in [-0.1, -0.05) is 42.5 Å². The lowest BCUT2D eigenvalue weighted by atomic mass is 9.96. The van der Waals surface area contributed by atoms with E-state index in [9.17, 15) is 5.11 Å². The van der Waals surface area contributed by atoms with Gasteiger partial charge < -0.3 is 15.4 Å². The molecule has 2 aromatic carbocycles. The van der Waals surface area contributed by atoms with Gasteiger partial charge in [-0.2, -0.15) is 0 Å². The van der Waals surface area contributed by atoms with Gasteiger partial charge in [-0.25, -0.2) is 0 Å². The molecular weight excluding hydrogens is 272 g/mol. The van der Waals surface area contributed by atoms with Gasteiger partial charge in [0, 0.05) is 24.3 Å². The summed E-state index contributed by atoms with van der Waals surface area (Å²) in [6.45, 7) is 1.32. The molecule has 0 spiro atoms.